The summed E-state index contributed by atoms with van der Waals surface area (Å²) < 4.78 is 8.38. The lowest BCUT2D eigenvalue weighted by Crippen LogP contribution is -2.48. The SMILES string of the molecule is CCCCn1c(=O)[nH]c(=O)c2c1nc(CN1CCN(C(=O)c3cc(C)no3)CC1)n2C. The van der Waals surface area contributed by atoms with Crippen molar-refractivity contribution in [2.45, 2.75) is 39.8 Å². The summed E-state index contributed by atoms with van der Waals surface area (Å²) in [6.45, 7) is 7.32. The molecule has 31 heavy (non-hydrogen) atoms. The zero-order chi connectivity index (χ0) is 22.1. The molecule has 0 bridgehead atoms. The fourth-order valence-corrected chi connectivity index (χ4v) is 3.89. The molecule has 1 aliphatic rings. The lowest BCUT2D eigenvalue weighted by Gasteiger charge is -2.33. The average Bonchev–Trinajstić information content (AvgIpc) is 3.32. The summed E-state index contributed by atoms with van der Waals surface area (Å²) in [5.74, 6) is 0.807. The lowest BCUT2D eigenvalue weighted by atomic mass is 10.2. The van der Waals surface area contributed by atoms with Crippen LogP contribution in [0.3, 0.4) is 0 Å². The molecule has 1 saturated heterocycles. The van der Waals surface area contributed by atoms with Gasteiger partial charge in [-0.2, -0.15) is 0 Å². The quantitative estimate of drug-likeness (QED) is 0.605. The summed E-state index contributed by atoms with van der Waals surface area (Å²) >= 11 is 0. The molecule has 11 nitrogen and oxygen atoms in total. The van der Waals surface area contributed by atoms with E-state index >= 15 is 0 Å². The van der Waals surface area contributed by atoms with Gasteiger partial charge in [-0.15, -0.1) is 0 Å². The van der Waals surface area contributed by atoms with Crippen molar-refractivity contribution in [2.24, 2.45) is 7.05 Å². The van der Waals surface area contributed by atoms with Gasteiger partial charge in [-0.1, -0.05) is 18.5 Å². The number of nitrogens with one attached hydrogen (secondary N) is 1. The third-order valence-electron chi connectivity index (χ3n) is 5.70. The monoisotopic (exact) mass is 429 g/mol. The highest BCUT2D eigenvalue weighted by Gasteiger charge is 2.26. The molecule has 0 aromatic carbocycles. The van der Waals surface area contributed by atoms with E-state index in [0.29, 0.717) is 62.0 Å². The predicted octanol–water partition coefficient (Wildman–Crippen LogP) is 0.478. The molecule has 0 radical (unpaired) electrons. The maximum absolute atomic E-state index is 12.5. The van der Waals surface area contributed by atoms with Crippen LogP contribution >= 0.6 is 0 Å². The number of amides is 1. The zero-order valence-electron chi connectivity index (χ0n) is 18.1. The zero-order valence-corrected chi connectivity index (χ0v) is 18.1. The molecule has 3 aromatic rings. The van der Waals surface area contributed by atoms with Crippen LogP contribution in [0.1, 0.15) is 41.8 Å². The van der Waals surface area contributed by atoms with E-state index < -0.39 is 11.2 Å². The van der Waals surface area contributed by atoms with Gasteiger partial charge in [0.05, 0.1) is 12.2 Å². The minimum absolute atomic E-state index is 0.158. The Hall–Kier alpha value is -3.21. The minimum atomic E-state index is -0.426. The topological polar surface area (TPSA) is 122 Å². The Kier molecular flexibility index (Phi) is 5.77. The average molecular weight is 429 g/mol. The highest BCUT2D eigenvalue weighted by Crippen LogP contribution is 2.15. The first-order chi connectivity index (χ1) is 14.9. The first-order valence-electron chi connectivity index (χ1n) is 10.5. The molecule has 4 heterocycles. The molecule has 1 aliphatic heterocycles. The fraction of sp³-hybridized carbons (Fsp3) is 0.550. The Balaban J connectivity index is 1.50. The fourth-order valence-electron chi connectivity index (χ4n) is 3.89. The number of aromatic nitrogens is 5. The van der Waals surface area contributed by atoms with Gasteiger partial charge in [0, 0.05) is 45.8 Å². The number of fused-ring (bicyclic) bond motifs is 1. The number of aryl methyl sites for hydroxylation is 3. The number of H-pyrrole nitrogens is 1. The third kappa shape index (κ3) is 4.05. The molecule has 11 heteroatoms. The second-order valence-corrected chi connectivity index (χ2v) is 7.92. The van der Waals surface area contributed by atoms with E-state index in [4.69, 9.17) is 4.52 Å². The summed E-state index contributed by atoms with van der Waals surface area (Å²) in [6.07, 6.45) is 1.76. The van der Waals surface area contributed by atoms with Gasteiger partial charge in [0.1, 0.15) is 5.82 Å². The number of aromatic amines is 1. The van der Waals surface area contributed by atoms with Crippen molar-refractivity contribution in [3.8, 4) is 0 Å². The predicted molar refractivity (Wildman–Crippen MR) is 113 cm³/mol. The standard InChI is InChI=1S/C20H27N7O4/c1-4-5-6-27-17-16(18(28)22-20(27)30)24(3)15(21-17)12-25-7-9-26(10-8-25)19(29)14-11-13(2)23-31-14/h11H,4-10,12H2,1-3H3,(H,22,28,30). The number of unbranched alkanes of at least 4 members (excludes halogenated alkanes) is 1. The van der Waals surface area contributed by atoms with Crippen molar-refractivity contribution >= 4 is 17.1 Å². The second kappa shape index (κ2) is 8.50. The van der Waals surface area contributed by atoms with Crippen molar-refractivity contribution in [1.82, 2.24) is 34.1 Å². The summed E-state index contributed by atoms with van der Waals surface area (Å²) in [7, 11) is 1.79. The van der Waals surface area contributed by atoms with Crippen LogP contribution in [0.4, 0.5) is 0 Å². The second-order valence-electron chi connectivity index (χ2n) is 7.92. The molecule has 0 saturated carbocycles. The molecule has 1 fully saturated rings. The van der Waals surface area contributed by atoms with E-state index in [-0.39, 0.29) is 11.7 Å². The van der Waals surface area contributed by atoms with Crippen LogP contribution in [-0.2, 0) is 20.1 Å². The number of imidazole rings is 1. The molecule has 0 unspecified atom stereocenters. The smallest absolute Gasteiger partial charge is 0.330 e. The number of piperazine rings is 1. The van der Waals surface area contributed by atoms with Gasteiger partial charge in [0.2, 0.25) is 5.76 Å². The van der Waals surface area contributed by atoms with Gasteiger partial charge in [-0.05, 0) is 13.3 Å². The molecule has 0 atom stereocenters. The maximum atomic E-state index is 12.5. The Morgan fingerprint density at radius 3 is 2.61 bits per heavy atom. The van der Waals surface area contributed by atoms with Gasteiger partial charge < -0.3 is 14.0 Å². The van der Waals surface area contributed by atoms with E-state index in [0.717, 1.165) is 12.8 Å². The van der Waals surface area contributed by atoms with Gasteiger partial charge in [-0.3, -0.25) is 24.0 Å². The molecule has 3 aromatic heterocycles. The number of rotatable bonds is 6. The summed E-state index contributed by atoms with van der Waals surface area (Å²) in [5.41, 5.74) is 0.655. The van der Waals surface area contributed by atoms with Crippen LogP contribution in [0.2, 0.25) is 0 Å². The molecule has 0 spiro atoms. The Morgan fingerprint density at radius 1 is 1.23 bits per heavy atom. The van der Waals surface area contributed by atoms with Gasteiger partial charge in [-0.25, -0.2) is 9.78 Å². The first-order valence-corrected chi connectivity index (χ1v) is 10.5. The van der Waals surface area contributed by atoms with E-state index in [2.05, 4.69) is 20.0 Å². The highest BCUT2D eigenvalue weighted by atomic mass is 16.5. The van der Waals surface area contributed by atoms with E-state index in [1.165, 1.54) is 0 Å². The van der Waals surface area contributed by atoms with Crippen LogP contribution in [0.25, 0.3) is 11.2 Å². The van der Waals surface area contributed by atoms with Gasteiger partial charge in [0.25, 0.3) is 11.5 Å². The molecule has 0 aliphatic carbocycles. The maximum Gasteiger partial charge on any atom is 0.330 e. The number of carbonyl (C=O) groups is 1. The van der Waals surface area contributed by atoms with E-state index in [9.17, 15) is 14.4 Å². The third-order valence-corrected chi connectivity index (χ3v) is 5.70. The molecule has 4 rings (SSSR count). The van der Waals surface area contributed by atoms with Crippen molar-refractivity contribution in [3.05, 3.63) is 44.2 Å². The highest BCUT2D eigenvalue weighted by molar-refractivity contribution is 5.91. The van der Waals surface area contributed by atoms with Crippen LogP contribution in [0.5, 0.6) is 0 Å². The first kappa shape index (κ1) is 21.0. The molecule has 166 valence electrons. The molecular weight excluding hydrogens is 402 g/mol. The number of hydrogen-bond acceptors (Lipinski definition) is 7. The van der Waals surface area contributed by atoms with Crippen LogP contribution in [0.15, 0.2) is 20.2 Å². The number of hydrogen-bond donors (Lipinski definition) is 1. The van der Waals surface area contributed by atoms with Crippen LogP contribution < -0.4 is 11.2 Å². The van der Waals surface area contributed by atoms with Crippen molar-refractivity contribution in [2.75, 3.05) is 26.2 Å². The van der Waals surface area contributed by atoms with Crippen molar-refractivity contribution in [1.29, 1.82) is 0 Å². The van der Waals surface area contributed by atoms with Crippen molar-refractivity contribution < 1.29 is 9.32 Å². The molecule has 1 N–H and O–H groups in total. The molecule has 1 amide bonds. The van der Waals surface area contributed by atoms with Gasteiger partial charge >= 0.3 is 5.69 Å². The summed E-state index contributed by atoms with van der Waals surface area (Å²) in [4.78, 5) is 48.2. The van der Waals surface area contributed by atoms with Crippen LogP contribution in [0, 0.1) is 6.92 Å². The van der Waals surface area contributed by atoms with Gasteiger partial charge in [0.15, 0.2) is 11.2 Å². The largest absolute Gasteiger partial charge is 0.351 e. The number of carbonyl (C=O) groups excluding carboxylic acids is 1. The van der Waals surface area contributed by atoms with E-state index in [1.54, 1.807) is 34.1 Å². The van der Waals surface area contributed by atoms with E-state index in [1.807, 2.05) is 6.92 Å². The molecular formula is C20H27N7O4. The summed E-state index contributed by atoms with van der Waals surface area (Å²) in [6, 6.07) is 1.64. The normalized spacial score (nSPS) is 15.1. The number of nitrogens with zero attached hydrogens (tertiary/aromatic N) is 6. The Bertz CT molecular complexity index is 1210. The summed E-state index contributed by atoms with van der Waals surface area (Å²) in [5, 5.41) is 3.78. The van der Waals surface area contributed by atoms with Crippen molar-refractivity contribution in [3.63, 3.8) is 0 Å². The van der Waals surface area contributed by atoms with Crippen LogP contribution in [-0.4, -0.2) is 66.1 Å². The Labute approximate surface area is 178 Å². The lowest BCUT2D eigenvalue weighted by molar-refractivity contribution is 0.0585. The Morgan fingerprint density at radius 2 is 1.97 bits per heavy atom. The minimum Gasteiger partial charge on any atom is -0.351 e.